The summed E-state index contributed by atoms with van der Waals surface area (Å²) < 4.78 is 1.93. The minimum Gasteiger partial charge on any atom is -0.380 e. The summed E-state index contributed by atoms with van der Waals surface area (Å²) in [4.78, 5) is 11.8. The van der Waals surface area contributed by atoms with Gasteiger partial charge < -0.3 is 5.32 Å². The number of aryl methyl sites for hydroxylation is 1. The summed E-state index contributed by atoms with van der Waals surface area (Å²) in [5.74, 6) is 0. The Morgan fingerprint density at radius 2 is 1.89 bits per heavy atom. The highest BCUT2D eigenvalue weighted by atomic mass is 79.9. The van der Waals surface area contributed by atoms with Gasteiger partial charge >= 0.3 is 0 Å². The third-order valence-corrected chi connectivity index (χ3v) is 4.31. The predicted octanol–water partition coefficient (Wildman–Crippen LogP) is 3.07. The quantitative estimate of drug-likeness (QED) is 0.912. The van der Waals surface area contributed by atoms with Crippen LogP contribution in [0.1, 0.15) is 44.9 Å². The zero-order valence-electron chi connectivity index (χ0n) is 10.8. The Bertz CT molecular complexity index is 450. The molecule has 0 spiro atoms. The van der Waals surface area contributed by atoms with Gasteiger partial charge in [0.2, 0.25) is 0 Å². The molecule has 1 aromatic heterocycles. The fraction of sp³-hybridized carbons (Fsp3) is 0.692. The van der Waals surface area contributed by atoms with Crippen molar-refractivity contribution in [1.82, 2.24) is 9.78 Å². The second kappa shape index (κ2) is 6.36. The molecule has 0 aliphatic heterocycles. The molecule has 1 aliphatic rings. The summed E-state index contributed by atoms with van der Waals surface area (Å²) in [5.41, 5.74) is 0.731. The molecule has 0 bridgehead atoms. The monoisotopic (exact) mass is 313 g/mol. The molecule has 1 aromatic rings. The minimum atomic E-state index is -0.0918. The topological polar surface area (TPSA) is 46.9 Å². The van der Waals surface area contributed by atoms with Crippen LogP contribution in [0, 0.1) is 0 Å². The van der Waals surface area contributed by atoms with Gasteiger partial charge in [0.1, 0.15) is 4.47 Å². The van der Waals surface area contributed by atoms with Crippen LogP contribution in [0.3, 0.4) is 0 Å². The van der Waals surface area contributed by atoms with Crippen molar-refractivity contribution in [2.45, 2.75) is 51.0 Å². The first-order chi connectivity index (χ1) is 8.68. The second-order valence-electron chi connectivity index (χ2n) is 4.99. The molecule has 1 saturated carbocycles. The summed E-state index contributed by atoms with van der Waals surface area (Å²) >= 11 is 3.36. The number of aromatic nitrogens is 2. The maximum Gasteiger partial charge on any atom is 0.282 e. The first-order valence-corrected chi connectivity index (χ1v) is 7.46. The first-order valence-electron chi connectivity index (χ1n) is 6.67. The molecule has 1 N–H and O–H groups in total. The average Bonchev–Trinajstić information content (AvgIpc) is 2.32. The fourth-order valence-corrected chi connectivity index (χ4v) is 2.91. The van der Waals surface area contributed by atoms with Crippen molar-refractivity contribution >= 4 is 21.6 Å². The summed E-state index contributed by atoms with van der Waals surface area (Å²) in [6.07, 6.45) is 10.7. The van der Waals surface area contributed by atoms with Crippen LogP contribution < -0.4 is 10.9 Å². The number of halogens is 1. The lowest BCUT2D eigenvalue weighted by Gasteiger charge is -2.22. The van der Waals surface area contributed by atoms with E-state index in [1.165, 1.54) is 49.6 Å². The molecule has 1 fully saturated rings. The molecule has 0 aromatic carbocycles. The molecular weight excluding hydrogens is 294 g/mol. The highest BCUT2D eigenvalue weighted by Gasteiger charge is 2.14. The molecule has 1 aliphatic carbocycles. The summed E-state index contributed by atoms with van der Waals surface area (Å²) in [7, 11) is 1.66. The molecule has 1 heterocycles. The van der Waals surface area contributed by atoms with E-state index in [1.54, 1.807) is 13.2 Å². The molecule has 4 nitrogen and oxygen atoms in total. The van der Waals surface area contributed by atoms with Crippen molar-refractivity contribution < 1.29 is 0 Å². The van der Waals surface area contributed by atoms with Gasteiger partial charge in [0.25, 0.3) is 5.56 Å². The molecule has 0 unspecified atom stereocenters. The largest absolute Gasteiger partial charge is 0.380 e. The van der Waals surface area contributed by atoms with E-state index < -0.39 is 0 Å². The number of hydrogen-bond donors (Lipinski definition) is 1. The van der Waals surface area contributed by atoms with Crippen molar-refractivity contribution in [2.75, 3.05) is 5.32 Å². The van der Waals surface area contributed by atoms with E-state index in [-0.39, 0.29) is 5.56 Å². The maximum absolute atomic E-state index is 11.8. The van der Waals surface area contributed by atoms with Crippen molar-refractivity contribution in [2.24, 2.45) is 7.05 Å². The van der Waals surface area contributed by atoms with Gasteiger partial charge in [-0.2, -0.15) is 5.10 Å². The Labute approximate surface area is 116 Å². The number of nitrogens with one attached hydrogen (secondary N) is 1. The number of hydrogen-bond acceptors (Lipinski definition) is 3. The van der Waals surface area contributed by atoms with Gasteiger partial charge in [-0.3, -0.25) is 4.79 Å². The van der Waals surface area contributed by atoms with E-state index in [4.69, 9.17) is 0 Å². The minimum absolute atomic E-state index is 0.0918. The van der Waals surface area contributed by atoms with Crippen molar-refractivity contribution in [3.8, 4) is 0 Å². The summed E-state index contributed by atoms with van der Waals surface area (Å²) in [6.45, 7) is 0. The van der Waals surface area contributed by atoms with E-state index >= 15 is 0 Å². The molecule has 5 heteroatoms. The molecular formula is C13H20BrN3O. The lowest BCUT2D eigenvalue weighted by Crippen LogP contribution is -2.25. The van der Waals surface area contributed by atoms with Crippen LogP contribution in [0.5, 0.6) is 0 Å². The highest BCUT2D eigenvalue weighted by Crippen LogP contribution is 2.23. The van der Waals surface area contributed by atoms with Crippen molar-refractivity contribution in [3.63, 3.8) is 0 Å². The van der Waals surface area contributed by atoms with Gasteiger partial charge in [-0.15, -0.1) is 0 Å². The molecule has 0 amide bonds. The third kappa shape index (κ3) is 3.34. The van der Waals surface area contributed by atoms with Crippen LogP contribution in [0.25, 0.3) is 0 Å². The Balaban J connectivity index is 2.08. The van der Waals surface area contributed by atoms with Crippen LogP contribution in [0.15, 0.2) is 15.5 Å². The van der Waals surface area contributed by atoms with Gasteiger partial charge in [-0.25, -0.2) is 4.68 Å². The van der Waals surface area contributed by atoms with Gasteiger partial charge in [0, 0.05) is 13.1 Å². The Morgan fingerprint density at radius 1 is 1.28 bits per heavy atom. The van der Waals surface area contributed by atoms with Gasteiger partial charge in [0.15, 0.2) is 0 Å². The second-order valence-corrected chi connectivity index (χ2v) is 5.78. The van der Waals surface area contributed by atoms with Crippen molar-refractivity contribution in [1.29, 1.82) is 0 Å². The number of rotatable bonds is 2. The molecule has 0 atom stereocenters. The molecule has 18 heavy (non-hydrogen) atoms. The van der Waals surface area contributed by atoms with Crippen LogP contribution in [0.4, 0.5) is 5.69 Å². The van der Waals surface area contributed by atoms with E-state index in [0.717, 1.165) is 5.69 Å². The molecule has 2 rings (SSSR count). The predicted molar refractivity (Wildman–Crippen MR) is 76.9 cm³/mol. The standard InChI is InChI=1S/C13H20BrN3O/c1-17-13(18)12(14)11(9-15-17)16-10-7-5-3-2-4-6-8-10/h9-10,16H,2-8H2,1H3. The summed E-state index contributed by atoms with van der Waals surface area (Å²) in [6, 6.07) is 0.468. The first kappa shape index (κ1) is 13.6. The molecule has 0 radical (unpaired) electrons. The van der Waals surface area contributed by atoms with Gasteiger partial charge in [-0.1, -0.05) is 32.1 Å². The zero-order valence-corrected chi connectivity index (χ0v) is 12.4. The summed E-state index contributed by atoms with van der Waals surface area (Å²) in [5, 5.41) is 7.52. The van der Waals surface area contributed by atoms with Crippen LogP contribution in [-0.4, -0.2) is 15.8 Å². The average molecular weight is 314 g/mol. The zero-order chi connectivity index (χ0) is 13.0. The van der Waals surface area contributed by atoms with Gasteiger partial charge in [-0.05, 0) is 28.8 Å². The fourth-order valence-electron chi connectivity index (χ4n) is 2.43. The lowest BCUT2D eigenvalue weighted by atomic mass is 9.96. The smallest absolute Gasteiger partial charge is 0.282 e. The van der Waals surface area contributed by atoms with E-state index in [9.17, 15) is 4.79 Å². The van der Waals surface area contributed by atoms with E-state index in [2.05, 4.69) is 26.3 Å². The van der Waals surface area contributed by atoms with Gasteiger partial charge in [0.05, 0.1) is 11.9 Å². The number of anilines is 1. The van der Waals surface area contributed by atoms with Crippen LogP contribution in [0.2, 0.25) is 0 Å². The Morgan fingerprint density at radius 3 is 2.56 bits per heavy atom. The highest BCUT2D eigenvalue weighted by molar-refractivity contribution is 9.10. The van der Waals surface area contributed by atoms with E-state index in [1.807, 2.05) is 0 Å². The molecule has 0 saturated heterocycles. The SMILES string of the molecule is Cn1ncc(NC2CCCCCCC2)c(Br)c1=O. The lowest BCUT2D eigenvalue weighted by molar-refractivity contribution is 0.471. The normalized spacial score (nSPS) is 18.1. The Kier molecular flexibility index (Phi) is 4.80. The maximum atomic E-state index is 11.8. The van der Waals surface area contributed by atoms with Crippen molar-refractivity contribution in [3.05, 3.63) is 21.0 Å². The molecule has 100 valence electrons. The van der Waals surface area contributed by atoms with Crippen LogP contribution in [-0.2, 0) is 7.05 Å². The Hall–Kier alpha value is -0.840. The number of nitrogens with zero attached hydrogens (tertiary/aromatic N) is 2. The third-order valence-electron chi connectivity index (χ3n) is 3.54. The van der Waals surface area contributed by atoms with E-state index in [0.29, 0.717) is 10.5 Å². The van der Waals surface area contributed by atoms with Crippen LogP contribution >= 0.6 is 15.9 Å².